The Morgan fingerprint density at radius 2 is 1.34 bits per heavy atom. The van der Waals surface area contributed by atoms with E-state index in [9.17, 15) is 35.9 Å². The van der Waals surface area contributed by atoms with E-state index < -0.39 is 23.5 Å². The molecule has 2 aromatic carbocycles. The van der Waals surface area contributed by atoms with Gasteiger partial charge in [0.1, 0.15) is 0 Å². The van der Waals surface area contributed by atoms with Gasteiger partial charge in [-0.3, -0.25) is 19.4 Å². The molecule has 0 saturated carbocycles. The van der Waals surface area contributed by atoms with Crippen molar-refractivity contribution in [2.75, 3.05) is 52.4 Å². The van der Waals surface area contributed by atoms with Crippen molar-refractivity contribution in [3.63, 3.8) is 0 Å². The van der Waals surface area contributed by atoms with Gasteiger partial charge in [-0.1, -0.05) is 0 Å². The first-order valence-corrected chi connectivity index (χ1v) is 13.8. The third-order valence-corrected chi connectivity index (χ3v) is 8.60. The zero-order chi connectivity index (χ0) is 29.4. The van der Waals surface area contributed by atoms with E-state index in [0.717, 1.165) is 56.7 Å². The van der Waals surface area contributed by atoms with E-state index in [1.165, 1.54) is 24.3 Å². The SMILES string of the molecule is O=C(NC[C@H]1C[C@@H]2CCN1C[C@@H]2CN1CCN(C(=O)c2ccc(C(F)(F)F)cc2)CC1)c1ccc(C(F)(F)F)cc1. The van der Waals surface area contributed by atoms with Crippen LogP contribution in [0, 0.1) is 11.8 Å². The molecule has 4 aliphatic rings. The van der Waals surface area contributed by atoms with Crippen molar-refractivity contribution in [2.45, 2.75) is 31.2 Å². The largest absolute Gasteiger partial charge is 0.416 e. The van der Waals surface area contributed by atoms with Crippen LogP contribution in [0.3, 0.4) is 0 Å². The van der Waals surface area contributed by atoms with Crippen LogP contribution < -0.4 is 5.32 Å². The van der Waals surface area contributed by atoms with Crippen molar-refractivity contribution in [1.29, 1.82) is 0 Å². The molecule has 4 heterocycles. The summed E-state index contributed by atoms with van der Waals surface area (Å²) in [5, 5.41) is 2.88. The average molecular weight is 583 g/mol. The van der Waals surface area contributed by atoms with Crippen molar-refractivity contribution >= 4 is 11.8 Å². The van der Waals surface area contributed by atoms with Gasteiger partial charge in [0.2, 0.25) is 0 Å². The number of rotatable bonds is 6. The van der Waals surface area contributed by atoms with Gasteiger partial charge in [0.25, 0.3) is 11.8 Å². The Morgan fingerprint density at radius 1 is 0.780 bits per heavy atom. The van der Waals surface area contributed by atoms with Crippen molar-refractivity contribution in [1.82, 2.24) is 20.0 Å². The summed E-state index contributed by atoms with van der Waals surface area (Å²) >= 11 is 0. The van der Waals surface area contributed by atoms with Gasteiger partial charge in [0.15, 0.2) is 0 Å². The van der Waals surface area contributed by atoms with E-state index in [4.69, 9.17) is 0 Å². The van der Waals surface area contributed by atoms with Gasteiger partial charge in [-0.2, -0.15) is 26.3 Å². The molecule has 2 bridgehead atoms. The van der Waals surface area contributed by atoms with Crippen LogP contribution in [0.1, 0.15) is 44.7 Å². The van der Waals surface area contributed by atoms with Crippen molar-refractivity contribution in [2.24, 2.45) is 11.8 Å². The second-order valence-corrected chi connectivity index (χ2v) is 11.1. The van der Waals surface area contributed by atoms with Gasteiger partial charge in [0.05, 0.1) is 11.1 Å². The molecule has 6 nitrogen and oxygen atoms in total. The van der Waals surface area contributed by atoms with Gasteiger partial charge in [-0.05, 0) is 79.8 Å². The second-order valence-electron chi connectivity index (χ2n) is 11.1. The highest BCUT2D eigenvalue weighted by molar-refractivity contribution is 5.94. The number of piperidine rings is 3. The molecule has 41 heavy (non-hydrogen) atoms. The summed E-state index contributed by atoms with van der Waals surface area (Å²) in [6.07, 6.45) is -6.88. The molecular weight excluding hydrogens is 550 g/mol. The van der Waals surface area contributed by atoms with Gasteiger partial charge < -0.3 is 10.2 Å². The molecule has 2 amide bonds. The standard InChI is InChI=1S/C29H32F6N4O2/c30-28(31,32)23-5-1-19(2-6-23)26(40)36-16-25-15-21-9-10-39(25)18-22(21)17-37-11-13-38(14-12-37)27(41)20-3-7-24(8-4-20)29(33,34)35/h1-8,21-22,25H,9-18H2,(H,36,40)/t21-,22-,25+/m0/s1. The number of piperazine rings is 1. The van der Waals surface area contributed by atoms with Crippen molar-refractivity contribution in [3.05, 3.63) is 70.8 Å². The van der Waals surface area contributed by atoms with Crippen LogP contribution in [0.2, 0.25) is 0 Å². The minimum absolute atomic E-state index is 0.182. The molecule has 1 N–H and O–H groups in total. The summed E-state index contributed by atoms with van der Waals surface area (Å²) in [5.41, 5.74) is -1.12. The number of alkyl halides is 6. The molecule has 0 spiro atoms. The highest BCUT2D eigenvalue weighted by Crippen LogP contribution is 2.37. The number of halogens is 6. The lowest BCUT2D eigenvalue weighted by Gasteiger charge is -2.51. The quantitative estimate of drug-likeness (QED) is 0.506. The van der Waals surface area contributed by atoms with Crippen LogP contribution in [0.4, 0.5) is 26.3 Å². The lowest BCUT2D eigenvalue weighted by molar-refractivity contribution is -0.138. The molecule has 4 fully saturated rings. The van der Waals surface area contributed by atoms with E-state index in [2.05, 4.69) is 15.1 Å². The Kier molecular flexibility index (Phi) is 8.34. The molecule has 0 radical (unpaired) electrons. The summed E-state index contributed by atoms with van der Waals surface area (Å²) in [7, 11) is 0. The van der Waals surface area contributed by atoms with E-state index in [-0.39, 0.29) is 29.0 Å². The molecule has 1 unspecified atom stereocenters. The van der Waals surface area contributed by atoms with Crippen LogP contribution in [-0.4, -0.2) is 84.9 Å². The van der Waals surface area contributed by atoms with Crippen LogP contribution in [0.5, 0.6) is 0 Å². The predicted molar refractivity (Wildman–Crippen MR) is 139 cm³/mol. The second kappa shape index (κ2) is 11.6. The number of nitrogens with one attached hydrogen (secondary N) is 1. The molecular formula is C29H32F6N4O2. The Hall–Kier alpha value is -3.12. The predicted octanol–water partition coefficient (Wildman–Crippen LogP) is 4.62. The molecule has 2 aromatic rings. The van der Waals surface area contributed by atoms with Gasteiger partial charge in [-0.15, -0.1) is 0 Å². The van der Waals surface area contributed by atoms with Gasteiger partial charge >= 0.3 is 12.4 Å². The fraction of sp³-hybridized carbons (Fsp3) is 0.517. The van der Waals surface area contributed by atoms with Crippen molar-refractivity contribution < 1.29 is 35.9 Å². The first-order valence-electron chi connectivity index (χ1n) is 13.8. The maximum absolute atomic E-state index is 12.8. The molecule has 222 valence electrons. The third-order valence-electron chi connectivity index (χ3n) is 8.60. The fourth-order valence-electron chi connectivity index (χ4n) is 6.24. The number of hydrogen-bond acceptors (Lipinski definition) is 4. The topological polar surface area (TPSA) is 55.9 Å². The van der Waals surface area contributed by atoms with E-state index in [1.54, 1.807) is 4.90 Å². The number of carbonyl (C=O) groups excluding carboxylic acids is 2. The van der Waals surface area contributed by atoms with E-state index >= 15 is 0 Å². The van der Waals surface area contributed by atoms with E-state index in [1.807, 2.05) is 0 Å². The maximum Gasteiger partial charge on any atom is 0.416 e. The number of benzene rings is 2. The number of carbonyl (C=O) groups is 2. The third kappa shape index (κ3) is 6.86. The zero-order valence-electron chi connectivity index (χ0n) is 22.3. The Bertz CT molecular complexity index is 1220. The fourth-order valence-corrected chi connectivity index (χ4v) is 6.24. The summed E-state index contributed by atoms with van der Waals surface area (Å²) in [6.45, 7) is 5.60. The highest BCUT2D eigenvalue weighted by Gasteiger charge is 2.41. The molecule has 0 aliphatic carbocycles. The summed E-state index contributed by atoms with van der Waals surface area (Å²) in [6, 6.07) is 8.72. The lowest BCUT2D eigenvalue weighted by Crippen LogP contribution is -2.59. The van der Waals surface area contributed by atoms with Crippen LogP contribution in [0.15, 0.2) is 48.5 Å². The first kappa shape index (κ1) is 29.4. The Labute approximate surface area is 234 Å². The summed E-state index contributed by atoms with van der Waals surface area (Å²) in [5.74, 6) is 0.312. The molecule has 4 atom stereocenters. The number of amides is 2. The molecule has 12 heteroatoms. The van der Waals surface area contributed by atoms with E-state index in [0.29, 0.717) is 44.6 Å². The highest BCUT2D eigenvalue weighted by atomic mass is 19.4. The molecule has 4 saturated heterocycles. The normalized spacial score (nSPS) is 25.3. The maximum atomic E-state index is 12.8. The van der Waals surface area contributed by atoms with Crippen LogP contribution >= 0.6 is 0 Å². The number of nitrogens with zero attached hydrogens (tertiary/aromatic N) is 3. The number of hydrogen-bond donors (Lipinski definition) is 1. The lowest BCUT2D eigenvalue weighted by atomic mass is 9.75. The van der Waals surface area contributed by atoms with Gasteiger partial charge in [0, 0.05) is 63.0 Å². The van der Waals surface area contributed by atoms with Crippen molar-refractivity contribution in [3.8, 4) is 0 Å². The minimum Gasteiger partial charge on any atom is -0.350 e. The summed E-state index contributed by atoms with van der Waals surface area (Å²) in [4.78, 5) is 31.7. The number of fused-ring (bicyclic) bond motifs is 3. The van der Waals surface area contributed by atoms with Crippen LogP contribution in [-0.2, 0) is 12.4 Å². The monoisotopic (exact) mass is 582 g/mol. The summed E-state index contributed by atoms with van der Waals surface area (Å²) < 4.78 is 76.8. The Morgan fingerprint density at radius 3 is 1.85 bits per heavy atom. The van der Waals surface area contributed by atoms with Crippen LogP contribution in [0.25, 0.3) is 0 Å². The first-order chi connectivity index (χ1) is 19.4. The smallest absolute Gasteiger partial charge is 0.350 e. The minimum atomic E-state index is -4.44. The molecule has 6 rings (SSSR count). The van der Waals surface area contributed by atoms with Gasteiger partial charge in [-0.25, -0.2) is 0 Å². The molecule has 4 aliphatic heterocycles. The Balaban J connectivity index is 1.06. The zero-order valence-corrected chi connectivity index (χ0v) is 22.3. The molecule has 0 aromatic heterocycles. The average Bonchev–Trinajstić information content (AvgIpc) is 2.96.